The molecule has 0 radical (unpaired) electrons. The molecule has 0 spiro atoms. The van der Waals surface area contributed by atoms with Crippen LogP contribution in [0.4, 0.5) is 0 Å². The van der Waals surface area contributed by atoms with Crippen molar-refractivity contribution in [1.82, 2.24) is 14.8 Å². The molecule has 0 saturated carbocycles. The number of ether oxygens (including phenoxy) is 1. The molecule has 0 saturated heterocycles. The average molecular weight is 351 g/mol. The summed E-state index contributed by atoms with van der Waals surface area (Å²) in [6.07, 6.45) is 1.48. The van der Waals surface area contributed by atoms with Gasteiger partial charge in [0, 0.05) is 0 Å². The minimum atomic E-state index is -0.484. The van der Waals surface area contributed by atoms with Crippen LogP contribution in [0.2, 0.25) is 0 Å². The predicted octanol–water partition coefficient (Wildman–Crippen LogP) is 2.15. The molecule has 2 aliphatic rings. The molecule has 2 aromatic heterocycles. The maximum absolute atomic E-state index is 13.1. The Balaban J connectivity index is 2.18. The van der Waals surface area contributed by atoms with Gasteiger partial charge in [-0.2, -0.15) is 5.10 Å². The van der Waals surface area contributed by atoms with Gasteiger partial charge in [0.25, 0.3) is 0 Å². The Kier molecular flexibility index (Phi) is 3.93. The van der Waals surface area contributed by atoms with Crippen LogP contribution in [0, 0.1) is 0 Å². The Morgan fingerprint density at radius 1 is 1.27 bits per heavy atom. The van der Waals surface area contributed by atoms with Gasteiger partial charge in [0.05, 0.1) is 47.8 Å². The highest BCUT2D eigenvalue weighted by molar-refractivity contribution is 6.18. The van der Waals surface area contributed by atoms with E-state index in [1.54, 1.807) is 13.0 Å². The van der Waals surface area contributed by atoms with Gasteiger partial charge in [-0.05, 0) is 18.1 Å². The zero-order chi connectivity index (χ0) is 18.3. The average Bonchev–Trinajstić information content (AvgIpc) is 3.06. The van der Waals surface area contributed by atoms with Crippen molar-refractivity contribution in [1.29, 1.82) is 0 Å². The van der Waals surface area contributed by atoms with Crippen molar-refractivity contribution in [3.63, 3.8) is 0 Å². The van der Waals surface area contributed by atoms with Crippen molar-refractivity contribution in [2.75, 3.05) is 13.2 Å². The summed E-state index contributed by atoms with van der Waals surface area (Å²) >= 11 is 0. The summed E-state index contributed by atoms with van der Waals surface area (Å²) in [5, 5.41) is 14.2. The molecule has 7 nitrogen and oxygen atoms in total. The van der Waals surface area contributed by atoms with Gasteiger partial charge in [0.15, 0.2) is 0 Å². The number of esters is 1. The van der Waals surface area contributed by atoms with E-state index in [1.165, 1.54) is 10.9 Å². The largest absolute Gasteiger partial charge is 0.462 e. The molecule has 132 valence electrons. The molecule has 2 aliphatic carbocycles. The van der Waals surface area contributed by atoms with Crippen molar-refractivity contribution in [2.45, 2.75) is 13.5 Å². The second-order valence-corrected chi connectivity index (χ2v) is 5.89. The van der Waals surface area contributed by atoms with E-state index in [0.717, 1.165) is 0 Å². The highest BCUT2D eigenvalue weighted by Crippen LogP contribution is 2.37. The zero-order valence-electron chi connectivity index (χ0n) is 14.2. The molecule has 7 heteroatoms. The summed E-state index contributed by atoms with van der Waals surface area (Å²) in [7, 11) is 0. The van der Waals surface area contributed by atoms with Gasteiger partial charge < -0.3 is 14.8 Å². The van der Waals surface area contributed by atoms with E-state index in [0.29, 0.717) is 38.6 Å². The molecule has 2 N–H and O–H groups in total. The Hall–Kier alpha value is -3.19. The van der Waals surface area contributed by atoms with Crippen LogP contribution in [0.15, 0.2) is 41.3 Å². The summed E-state index contributed by atoms with van der Waals surface area (Å²) in [6.45, 7) is 2.11. The van der Waals surface area contributed by atoms with Crippen molar-refractivity contribution < 1.29 is 14.6 Å². The first kappa shape index (κ1) is 16.3. The number of carbonyl (C=O) groups is 1. The molecule has 2 heterocycles. The van der Waals surface area contributed by atoms with Crippen molar-refractivity contribution >= 4 is 27.9 Å². The number of H-pyrrole nitrogens is 1. The van der Waals surface area contributed by atoms with E-state index in [1.807, 2.05) is 24.3 Å². The fraction of sp³-hybridized carbons (Fsp3) is 0.211. The first-order valence-corrected chi connectivity index (χ1v) is 8.37. The van der Waals surface area contributed by atoms with Gasteiger partial charge in [-0.3, -0.25) is 4.79 Å². The molecule has 4 rings (SSSR count). The molecule has 0 aromatic carbocycles. The van der Waals surface area contributed by atoms with E-state index >= 15 is 0 Å². The second kappa shape index (κ2) is 6.27. The Morgan fingerprint density at radius 3 is 2.77 bits per heavy atom. The highest BCUT2D eigenvalue weighted by atomic mass is 16.5. The normalized spacial score (nSPS) is 11.5. The summed E-state index contributed by atoms with van der Waals surface area (Å²) in [4.78, 5) is 28.9. The molecule has 0 unspecified atom stereocenters. The highest BCUT2D eigenvalue weighted by Gasteiger charge is 2.27. The zero-order valence-corrected chi connectivity index (χ0v) is 14.2. The van der Waals surface area contributed by atoms with E-state index in [4.69, 9.17) is 4.74 Å². The summed E-state index contributed by atoms with van der Waals surface area (Å²) in [5.74, 6) is -0.484. The van der Waals surface area contributed by atoms with Gasteiger partial charge in [-0.25, -0.2) is 9.48 Å². The number of rotatable bonds is 4. The minimum absolute atomic E-state index is 0.111. The quantitative estimate of drug-likeness (QED) is 0.549. The maximum Gasteiger partial charge on any atom is 0.340 e. The predicted molar refractivity (Wildman–Crippen MR) is 97.5 cm³/mol. The van der Waals surface area contributed by atoms with Gasteiger partial charge in [0.2, 0.25) is 5.43 Å². The van der Waals surface area contributed by atoms with Crippen LogP contribution < -0.4 is 5.43 Å². The number of nitrogens with zero attached hydrogens (tertiary/aromatic N) is 2. The fourth-order valence-corrected chi connectivity index (χ4v) is 3.35. The first-order chi connectivity index (χ1) is 12.7. The number of hydrogen-bond donors (Lipinski definition) is 2. The smallest absolute Gasteiger partial charge is 0.340 e. The minimum Gasteiger partial charge on any atom is -0.462 e. The molecular weight excluding hydrogens is 334 g/mol. The van der Waals surface area contributed by atoms with E-state index < -0.39 is 5.97 Å². The SMILES string of the molecule is CCOC(=O)c1c2cccccc-2c2c(=O)c3cnn(CCO)c3[nH]c12. The van der Waals surface area contributed by atoms with Crippen molar-refractivity contribution in [2.24, 2.45) is 0 Å². The third-order valence-corrected chi connectivity index (χ3v) is 4.42. The van der Waals surface area contributed by atoms with Gasteiger partial charge >= 0.3 is 5.97 Å². The molecule has 0 aliphatic heterocycles. The lowest BCUT2D eigenvalue weighted by molar-refractivity contribution is 0.0529. The lowest BCUT2D eigenvalue weighted by atomic mass is 10.1. The van der Waals surface area contributed by atoms with Crippen LogP contribution in [0.1, 0.15) is 17.3 Å². The van der Waals surface area contributed by atoms with Crippen molar-refractivity contribution in [3.8, 4) is 11.1 Å². The third kappa shape index (κ3) is 2.28. The number of fused-ring (bicyclic) bond motifs is 4. The van der Waals surface area contributed by atoms with Crippen LogP contribution >= 0.6 is 0 Å². The van der Waals surface area contributed by atoms with Crippen LogP contribution in [0.25, 0.3) is 33.1 Å². The van der Waals surface area contributed by atoms with Gasteiger partial charge in [-0.15, -0.1) is 0 Å². The van der Waals surface area contributed by atoms with E-state index in [9.17, 15) is 14.7 Å². The maximum atomic E-state index is 13.1. The molecule has 2 aromatic rings. The lowest BCUT2D eigenvalue weighted by Gasteiger charge is -2.04. The molecule has 0 atom stereocenters. The summed E-state index contributed by atoms with van der Waals surface area (Å²) in [5.41, 5.74) is 2.38. The summed E-state index contributed by atoms with van der Waals surface area (Å²) < 4.78 is 6.74. The number of aromatic nitrogens is 3. The number of pyridine rings is 1. The molecule has 26 heavy (non-hydrogen) atoms. The Morgan fingerprint density at radius 2 is 2.04 bits per heavy atom. The molecule has 0 amide bonds. The second-order valence-electron chi connectivity index (χ2n) is 5.89. The fourth-order valence-electron chi connectivity index (χ4n) is 3.35. The third-order valence-electron chi connectivity index (χ3n) is 4.42. The number of nitrogens with one attached hydrogen (secondary N) is 1. The van der Waals surface area contributed by atoms with E-state index in [2.05, 4.69) is 10.1 Å². The van der Waals surface area contributed by atoms with Crippen LogP contribution in [0.5, 0.6) is 0 Å². The first-order valence-electron chi connectivity index (χ1n) is 8.37. The van der Waals surface area contributed by atoms with Crippen LogP contribution in [0.3, 0.4) is 0 Å². The van der Waals surface area contributed by atoms with Crippen molar-refractivity contribution in [3.05, 3.63) is 52.3 Å². The number of aliphatic hydroxyl groups is 1. The van der Waals surface area contributed by atoms with Crippen LogP contribution in [-0.2, 0) is 11.3 Å². The van der Waals surface area contributed by atoms with E-state index in [-0.39, 0.29) is 25.2 Å². The molecular formula is C19H17N3O4. The Labute approximate surface area is 148 Å². The van der Waals surface area contributed by atoms with Crippen LogP contribution in [-0.4, -0.2) is 39.1 Å². The number of aliphatic hydroxyl groups excluding tert-OH is 1. The number of aromatic amines is 1. The standard InChI is InChI=1S/C19H17N3O4/c1-2-26-19(25)15-12-7-5-3-4-6-11(12)14-16(15)21-18-13(17(14)24)10-20-22(18)8-9-23/h3-7,10,23H,2,8-9H2,1H3,(H,21,24). The topological polar surface area (TPSA) is 97.2 Å². The van der Waals surface area contributed by atoms with Gasteiger partial charge in [0.1, 0.15) is 5.65 Å². The number of hydrogen-bond acceptors (Lipinski definition) is 5. The molecule has 0 bridgehead atoms. The lowest BCUT2D eigenvalue weighted by Crippen LogP contribution is -2.09. The Bertz CT molecular complexity index is 1160. The number of carbonyl (C=O) groups excluding carboxylic acids is 1. The summed E-state index contributed by atoms with van der Waals surface area (Å²) in [6, 6.07) is 9.11. The van der Waals surface area contributed by atoms with Gasteiger partial charge in [-0.1, -0.05) is 30.3 Å². The molecule has 0 fully saturated rings. The monoisotopic (exact) mass is 351 g/mol.